The summed E-state index contributed by atoms with van der Waals surface area (Å²) in [6.45, 7) is 2.33. The predicted molar refractivity (Wildman–Crippen MR) is 72.3 cm³/mol. The summed E-state index contributed by atoms with van der Waals surface area (Å²) in [7, 11) is 0. The van der Waals surface area contributed by atoms with Crippen LogP contribution in [0.25, 0.3) is 0 Å². The van der Waals surface area contributed by atoms with Gasteiger partial charge >= 0.3 is 0 Å². The largest absolute Gasteiger partial charge is 0.345 e. The minimum Gasteiger partial charge on any atom is -0.345 e. The molecule has 1 N–H and O–H groups in total. The summed E-state index contributed by atoms with van der Waals surface area (Å²) in [5.74, 6) is -0.294. The highest BCUT2D eigenvalue weighted by Crippen LogP contribution is 2.17. The second kappa shape index (κ2) is 5.65. The molecule has 0 aliphatic heterocycles. The molecule has 0 spiro atoms. The highest BCUT2D eigenvalue weighted by molar-refractivity contribution is 7.11. The summed E-state index contributed by atoms with van der Waals surface area (Å²) in [6, 6.07) is 3.07. The number of carbonyl (C=O) groups excluding carboxylic acids is 1. The molecule has 2 aromatic heterocycles. The van der Waals surface area contributed by atoms with Gasteiger partial charge in [0.25, 0.3) is 5.91 Å². The Morgan fingerprint density at radius 1 is 1.44 bits per heavy atom. The smallest absolute Gasteiger partial charge is 0.254 e. The number of hydrogen-bond acceptors (Lipinski definition) is 4. The van der Waals surface area contributed by atoms with Crippen molar-refractivity contribution in [2.24, 2.45) is 0 Å². The van der Waals surface area contributed by atoms with Crippen molar-refractivity contribution in [1.82, 2.24) is 15.3 Å². The first-order chi connectivity index (χ1) is 8.56. The van der Waals surface area contributed by atoms with Gasteiger partial charge in [0.15, 0.2) is 0 Å². The Morgan fingerprint density at radius 3 is 2.83 bits per heavy atom. The Kier molecular flexibility index (Phi) is 4.16. The van der Waals surface area contributed by atoms with Gasteiger partial charge in [0.05, 0.1) is 12.1 Å². The van der Waals surface area contributed by atoms with E-state index in [0.717, 1.165) is 9.88 Å². The number of pyridine rings is 1. The van der Waals surface area contributed by atoms with Gasteiger partial charge in [-0.05, 0) is 19.1 Å². The lowest BCUT2D eigenvalue weighted by Crippen LogP contribution is -2.23. The Balaban J connectivity index is 2.03. The summed E-state index contributed by atoms with van der Waals surface area (Å²) in [5, 5.41) is 3.93. The zero-order valence-corrected chi connectivity index (χ0v) is 11.7. The van der Waals surface area contributed by atoms with Crippen molar-refractivity contribution < 1.29 is 4.79 Å². The fourth-order valence-electron chi connectivity index (χ4n) is 1.32. The van der Waals surface area contributed by atoms with Gasteiger partial charge in [-0.25, -0.2) is 9.97 Å². The summed E-state index contributed by atoms with van der Waals surface area (Å²) in [5.41, 5.74) is 0.300. The minimum absolute atomic E-state index is 0.0929. The predicted octanol–water partition coefficient (Wildman–Crippen LogP) is 3.08. The fourth-order valence-corrected chi connectivity index (χ4v) is 2.47. The van der Waals surface area contributed by atoms with Crippen LogP contribution in [0.3, 0.4) is 0 Å². The zero-order valence-electron chi connectivity index (χ0n) is 9.41. The molecule has 0 aromatic carbocycles. The van der Waals surface area contributed by atoms with E-state index in [0.29, 0.717) is 12.1 Å². The van der Waals surface area contributed by atoms with Crippen molar-refractivity contribution >= 4 is 40.4 Å². The van der Waals surface area contributed by atoms with E-state index in [9.17, 15) is 4.79 Å². The summed E-state index contributed by atoms with van der Waals surface area (Å²) in [6.07, 6.45) is 1.77. The average molecular weight is 302 g/mol. The maximum Gasteiger partial charge on any atom is 0.254 e. The number of nitrogens with zero attached hydrogens (tertiary/aromatic N) is 2. The van der Waals surface area contributed by atoms with Crippen molar-refractivity contribution in [3.05, 3.63) is 44.1 Å². The molecule has 0 aliphatic rings. The minimum atomic E-state index is -0.294. The van der Waals surface area contributed by atoms with E-state index in [1.165, 1.54) is 17.4 Å². The van der Waals surface area contributed by atoms with Gasteiger partial charge in [0, 0.05) is 11.1 Å². The van der Waals surface area contributed by atoms with Gasteiger partial charge in [-0.2, -0.15) is 0 Å². The molecule has 0 fully saturated rings. The Hall–Kier alpha value is -1.17. The van der Waals surface area contributed by atoms with Crippen LogP contribution in [0, 0.1) is 6.92 Å². The van der Waals surface area contributed by atoms with Crippen LogP contribution < -0.4 is 5.32 Å². The van der Waals surface area contributed by atoms with Gasteiger partial charge in [-0.15, -0.1) is 11.3 Å². The van der Waals surface area contributed by atoms with E-state index in [4.69, 9.17) is 23.2 Å². The molecular formula is C11H9Cl2N3OS. The Morgan fingerprint density at radius 2 is 2.22 bits per heavy atom. The van der Waals surface area contributed by atoms with Gasteiger partial charge in [0.2, 0.25) is 0 Å². The van der Waals surface area contributed by atoms with Gasteiger partial charge in [0.1, 0.15) is 15.3 Å². The van der Waals surface area contributed by atoms with Crippen LogP contribution in [0.2, 0.25) is 10.3 Å². The summed E-state index contributed by atoms with van der Waals surface area (Å²) in [4.78, 5) is 20.9. The van der Waals surface area contributed by atoms with E-state index in [1.54, 1.807) is 12.3 Å². The molecule has 0 saturated heterocycles. The number of aromatic nitrogens is 2. The number of nitrogens with one attached hydrogen (secondary N) is 1. The number of aryl methyl sites for hydroxylation is 1. The summed E-state index contributed by atoms with van der Waals surface area (Å²) >= 11 is 13.0. The van der Waals surface area contributed by atoms with Crippen LogP contribution >= 0.6 is 34.5 Å². The van der Waals surface area contributed by atoms with Crippen molar-refractivity contribution in [3.63, 3.8) is 0 Å². The van der Waals surface area contributed by atoms with Crippen LogP contribution in [-0.2, 0) is 6.54 Å². The Bertz CT molecular complexity index is 585. The molecule has 2 rings (SSSR count). The van der Waals surface area contributed by atoms with Gasteiger partial charge < -0.3 is 5.32 Å². The number of carbonyl (C=O) groups is 1. The van der Waals surface area contributed by atoms with Crippen molar-refractivity contribution in [1.29, 1.82) is 0 Å². The number of halogens is 2. The lowest BCUT2D eigenvalue weighted by atomic mass is 10.2. The SMILES string of the molecule is Cc1cnc(CNC(=O)c2ccc(Cl)nc2Cl)s1. The van der Waals surface area contributed by atoms with Crippen LogP contribution in [0.4, 0.5) is 0 Å². The van der Waals surface area contributed by atoms with Gasteiger partial charge in [-0.1, -0.05) is 23.2 Å². The average Bonchev–Trinajstić information content (AvgIpc) is 2.72. The maximum absolute atomic E-state index is 11.9. The van der Waals surface area contributed by atoms with E-state index in [1.807, 2.05) is 6.92 Å². The highest BCUT2D eigenvalue weighted by atomic mass is 35.5. The Labute approximate surface area is 118 Å². The third kappa shape index (κ3) is 3.19. The molecule has 0 aliphatic carbocycles. The molecule has 18 heavy (non-hydrogen) atoms. The van der Waals surface area contributed by atoms with Crippen LogP contribution in [0.15, 0.2) is 18.3 Å². The normalized spacial score (nSPS) is 10.4. The monoisotopic (exact) mass is 301 g/mol. The molecule has 94 valence electrons. The lowest BCUT2D eigenvalue weighted by molar-refractivity contribution is 0.0950. The third-order valence-corrected chi connectivity index (χ3v) is 3.54. The van der Waals surface area contributed by atoms with E-state index in [2.05, 4.69) is 15.3 Å². The topological polar surface area (TPSA) is 54.9 Å². The lowest BCUT2D eigenvalue weighted by Gasteiger charge is -2.04. The van der Waals surface area contributed by atoms with Crippen molar-refractivity contribution in [3.8, 4) is 0 Å². The highest BCUT2D eigenvalue weighted by Gasteiger charge is 2.12. The molecule has 4 nitrogen and oxygen atoms in total. The zero-order chi connectivity index (χ0) is 13.1. The molecule has 0 saturated carbocycles. The molecule has 2 aromatic rings. The van der Waals surface area contributed by atoms with Crippen LogP contribution in [-0.4, -0.2) is 15.9 Å². The maximum atomic E-state index is 11.9. The van der Waals surface area contributed by atoms with Crippen LogP contribution in [0.5, 0.6) is 0 Å². The van der Waals surface area contributed by atoms with Gasteiger partial charge in [-0.3, -0.25) is 4.79 Å². The van der Waals surface area contributed by atoms with E-state index in [-0.39, 0.29) is 16.2 Å². The number of thiazole rings is 1. The van der Waals surface area contributed by atoms with Crippen molar-refractivity contribution in [2.45, 2.75) is 13.5 Å². The van der Waals surface area contributed by atoms with E-state index >= 15 is 0 Å². The quantitative estimate of drug-likeness (QED) is 0.886. The molecular weight excluding hydrogens is 293 g/mol. The second-order valence-corrected chi connectivity index (χ2v) is 5.58. The number of amides is 1. The first-order valence-electron chi connectivity index (χ1n) is 5.08. The number of hydrogen-bond donors (Lipinski definition) is 1. The molecule has 7 heteroatoms. The van der Waals surface area contributed by atoms with E-state index < -0.39 is 0 Å². The molecule has 0 atom stereocenters. The first kappa shape index (κ1) is 13.3. The second-order valence-electron chi connectivity index (χ2n) is 3.52. The van der Waals surface area contributed by atoms with Crippen LogP contribution in [0.1, 0.15) is 20.2 Å². The van der Waals surface area contributed by atoms with Crippen molar-refractivity contribution in [2.75, 3.05) is 0 Å². The molecule has 1 amide bonds. The first-order valence-corrected chi connectivity index (χ1v) is 6.65. The summed E-state index contributed by atoms with van der Waals surface area (Å²) < 4.78 is 0. The molecule has 0 bridgehead atoms. The number of rotatable bonds is 3. The third-order valence-electron chi connectivity index (χ3n) is 2.13. The molecule has 0 unspecified atom stereocenters. The standard InChI is InChI=1S/C11H9Cl2N3OS/c1-6-4-14-9(18-6)5-15-11(17)7-2-3-8(12)16-10(7)13/h2-4H,5H2,1H3,(H,15,17). The fraction of sp³-hybridized carbons (Fsp3) is 0.182. The molecule has 2 heterocycles. The molecule has 0 radical (unpaired) electrons.